The van der Waals surface area contributed by atoms with Crippen LogP contribution in [0.25, 0.3) is 10.9 Å². The SMILES string of the molecule is COc1ccc2[nH]c(C)c(C(CC[Si](C)(C)C)C(=O)O)c2c1F. The molecule has 0 bridgehead atoms. The van der Waals surface area contributed by atoms with Gasteiger partial charge in [-0.25, -0.2) is 4.39 Å². The maximum atomic E-state index is 14.7. The Hall–Kier alpha value is -1.82. The predicted octanol–water partition coefficient (Wildman–Crippen LogP) is 4.52. The van der Waals surface area contributed by atoms with E-state index in [9.17, 15) is 14.3 Å². The lowest BCUT2D eigenvalue weighted by atomic mass is 9.93. The van der Waals surface area contributed by atoms with Crippen molar-refractivity contribution in [1.29, 1.82) is 0 Å². The first-order valence-electron chi connectivity index (χ1n) is 7.73. The monoisotopic (exact) mass is 337 g/mol. The molecule has 1 atom stereocenters. The van der Waals surface area contributed by atoms with Gasteiger partial charge in [0, 0.05) is 24.7 Å². The van der Waals surface area contributed by atoms with E-state index in [1.165, 1.54) is 7.11 Å². The largest absolute Gasteiger partial charge is 0.494 e. The number of methoxy groups -OCH3 is 1. The molecule has 4 nitrogen and oxygen atoms in total. The Morgan fingerprint density at radius 1 is 1.39 bits per heavy atom. The summed E-state index contributed by atoms with van der Waals surface area (Å²) >= 11 is 0. The zero-order valence-corrected chi connectivity index (χ0v) is 15.3. The second-order valence-corrected chi connectivity index (χ2v) is 12.8. The molecular weight excluding hydrogens is 313 g/mol. The zero-order valence-electron chi connectivity index (χ0n) is 14.3. The topological polar surface area (TPSA) is 62.3 Å². The van der Waals surface area contributed by atoms with Gasteiger partial charge < -0.3 is 14.8 Å². The molecule has 1 unspecified atom stereocenters. The van der Waals surface area contributed by atoms with Crippen LogP contribution >= 0.6 is 0 Å². The maximum Gasteiger partial charge on any atom is 0.311 e. The molecule has 6 heteroatoms. The van der Waals surface area contributed by atoms with Gasteiger partial charge in [-0.1, -0.05) is 25.7 Å². The summed E-state index contributed by atoms with van der Waals surface area (Å²) < 4.78 is 19.8. The van der Waals surface area contributed by atoms with Gasteiger partial charge in [-0.05, 0) is 31.0 Å². The molecule has 2 aromatic rings. The van der Waals surface area contributed by atoms with E-state index in [0.29, 0.717) is 28.6 Å². The number of ether oxygens (including phenoxy) is 1. The predicted molar refractivity (Wildman–Crippen MR) is 92.7 cm³/mol. The minimum absolute atomic E-state index is 0.132. The molecule has 0 amide bonds. The number of rotatable bonds is 6. The molecule has 2 rings (SSSR count). The summed E-state index contributed by atoms with van der Waals surface area (Å²) in [6.45, 7) is 8.42. The molecule has 1 aromatic heterocycles. The van der Waals surface area contributed by atoms with Gasteiger partial charge >= 0.3 is 5.97 Å². The number of H-pyrrole nitrogens is 1. The van der Waals surface area contributed by atoms with Gasteiger partial charge in [-0.2, -0.15) is 0 Å². The number of carboxylic acid groups (broad SMARTS) is 1. The van der Waals surface area contributed by atoms with Crippen molar-refractivity contribution in [3.8, 4) is 5.75 Å². The quantitative estimate of drug-likeness (QED) is 0.762. The number of carboxylic acids is 1. The highest BCUT2D eigenvalue weighted by molar-refractivity contribution is 6.76. The summed E-state index contributed by atoms with van der Waals surface area (Å²) in [6.07, 6.45) is 0.523. The van der Waals surface area contributed by atoms with E-state index in [2.05, 4.69) is 24.6 Å². The minimum Gasteiger partial charge on any atom is -0.494 e. The summed E-state index contributed by atoms with van der Waals surface area (Å²) in [6, 6.07) is 4.15. The number of benzene rings is 1. The van der Waals surface area contributed by atoms with Crippen LogP contribution in [0.1, 0.15) is 23.6 Å². The first-order chi connectivity index (χ1) is 10.7. The van der Waals surface area contributed by atoms with Gasteiger partial charge in [0.1, 0.15) is 0 Å². The van der Waals surface area contributed by atoms with Crippen molar-refractivity contribution in [2.75, 3.05) is 7.11 Å². The lowest BCUT2D eigenvalue weighted by molar-refractivity contribution is -0.138. The first kappa shape index (κ1) is 17.5. The number of fused-ring (bicyclic) bond motifs is 1. The lowest BCUT2D eigenvalue weighted by Gasteiger charge is -2.20. The first-order valence-corrected chi connectivity index (χ1v) is 11.4. The van der Waals surface area contributed by atoms with Gasteiger partial charge in [0.15, 0.2) is 11.6 Å². The number of aromatic amines is 1. The van der Waals surface area contributed by atoms with Crippen molar-refractivity contribution in [3.63, 3.8) is 0 Å². The van der Waals surface area contributed by atoms with Crippen LogP contribution in [0.2, 0.25) is 25.7 Å². The molecule has 0 fully saturated rings. The molecule has 0 saturated heterocycles. The van der Waals surface area contributed by atoms with Crippen LogP contribution in [0.4, 0.5) is 4.39 Å². The van der Waals surface area contributed by atoms with Crippen molar-refractivity contribution in [2.45, 2.75) is 44.9 Å². The van der Waals surface area contributed by atoms with Gasteiger partial charge in [0.25, 0.3) is 0 Å². The van der Waals surface area contributed by atoms with Crippen LogP contribution in [0.15, 0.2) is 12.1 Å². The van der Waals surface area contributed by atoms with Crippen molar-refractivity contribution in [1.82, 2.24) is 4.98 Å². The zero-order chi connectivity index (χ0) is 17.4. The third-order valence-electron chi connectivity index (χ3n) is 4.15. The van der Waals surface area contributed by atoms with E-state index in [-0.39, 0.29) is 5.75 Å². The minimum atomic E-state index is -1.39. The molecule has 0 spiro atoms. The Labute approximate surface area is 136 Å². The Balaban J connectivity index is 2.58. The lowest BCUT2D eigenvalue weighted by Crippen LogP contribution is -2.22. The number of aliphatic carboxylic acids is 1. The molecule has 0 aliphatic rings. The van der Waals surface area contributed by atoms with Crippen LogP contribution in [0.3, 0.4) is 0 Å². The van der Waals surface area contributed by atoms with E-state index in [4.69, 9.17) is 4.74 Å². The van der Waals surface area contributed by atoms with E-state index < -0.39 is 25.8 Å². The number of hydrogen-bond donors (Lipinski definition) is 2. The average molecular weight is 337 g/mol. The Kier molecular flexibility index (Phi) is 4.84. The van der Waals surface area contributed by atoms with Gasteiger partial charge in [0.05, 0.1) is 13.0 Å². The number of aromatic nitrogens is 1. The van der Waals surface area contributed by atoms with Crippen LogP contribution in [-0.2, 0) is 4.79 Å². The van der Waals surface area contributed by atoms with Crippen LogP contribution in [-0.4, -0.2) is 31.2 Å². The second kappa shape index (κ2) is 6.35. The fourth-order valence-corrected chi connectivity index (χ4v) is 4.10. The third-order valence-corrected chi connectivity index (χ3v) is 5.94. The maximum absolute atomic E-state index is 14.7. The standard InChI is InChI=1S/C17H24FNO3Si/c1-10-14(11(17(20)21)8-9-23(3,4)5)15-12(19-10)6-7-13(22-2)16(15)18/h6-7,11,19H,8-9H2,1-5H3,(H,20,21). The highest BCUT2D eigenvalue weighted by Crippen LogP contribution is 2.37. The van der Waals surface area contributed by atoms with Gasteiger partial charge in [0.2, 0.25) is 0 Å². The van der Waals surface area contributed by atoms with Crippen molar-refractivity contribution >= 4 is 24.9 Å². The summed E-state index contributed by atoms with van der Waals surface area (Å²) in [5.41, 5.74) is 1.85. The molecule has 0 aliphatic carbocycles. The molecule has 2 N–H and O–H groups in total. The molecule has 1 heterocycles. The Bertz CT molecular complexity index is 733. The van der Waals surface area contributed by atoms with Crippen molar-refractivity contribution < 1.29 is 19.0 Å². The molecule has 0 radical (unpaired) electrons. The van der Waals surface area contributed by atoms with E-state index in [1.807, 2.05) is 0 Å². The summed E-state index contributed by atoms with van der Waals surface area (Å²) in [5.74, 6) is -1.98. The molecule has 1 aromatic carbocycles. The van der Waals surface area contributed by atoms with Crippen molar-refractivity contribution in [2.24, 2.45) is 0 Å². The van der Waals surface area contributed by atoms with Gasteiger partial charge in [-0.15, -0.1) is 0 Å². The molecule has 126 valence electrons. The number of hydrogen-bond acceptors (Lipinski definition) is 2. The molecule has 0 saturated carbocycles. The van der Waals surface area contributed by atoms with Crippen LogP contribution in [0.5, 0.6) is 5.75 Å². The van der Waals surface area contributed by atoms with E-state index >= 15 is 0 Å². The average Bonchev–Trinajstić information content (AvgIpc) is 2.75. The third kappa shape index (κ3) is 3.58. The smallest absolute Gasteiger partial charge is 0.311 e. The fourth-order valence-electron chi connectivity index (χ4n) is 2.94. The number of nitrogens with one attached hydrogen (secondary N) is 1. The van der Waals surface area contributed by atoms with E-state index in [1.54, 1.807) is 19.1 Å². The highest BCUT2D eigenvalue weighted by Gasteiger charge is 2.29. The van der Waals surface area contributed by atoms with E-state index in [0.717, 1.165) is 6.04 Å². The van der Waals surface area contributed by atoms with Crippen LogP contribution in [0, 0.1) is 12.7 Å². The molecule has 23 heavy (non-hydrogen) atoms. The number of carbonyl (C=O) groups is 1. The van der Waals surface area contributed by atoms with Gasteiger partial charge in [-0.3, -0.25) is 4.79 Å². The molecule has 0 aliphatic heterocycles. The molecular formula is C17H24FNO3Si. The van der Waals surface area contributed by atoms with Crippen LogP contribution < -0.4 is 4.74 Å². The summed E-state index contributed by atoms with van der Waals surface area (Å²) in [4.78, 5) is 14.9. The Morgan fingerprint density at radius 3 is 2.57 bits per heavy atom. The summed E-state index contributed by atoms with van der Waals surface area (Å²) in [5, 5.41) is 10.0. The summed E-state index contributed by atoms with van der Waals surface area (Å²) in [7, 11) is 0.0195. The Morgan fingerprint density at radius 2 is 2.04 bits per heavy atom. The second-order valence-electron chi connectivity index (χ2n) is 7.16. The number of halogens is 1. The number of aryl methyl sites for hydroxylation is 1. The highest BCUT2D eigenvalue weighted by atomic mass is 28.3. The fraction of sp³-hybridized carbons (Fsp3) is 0.471. The van der Waals surface area contributed by atoms with Crippen molar-refractivity contribution in [3.05, 3.63) is 29.2 Å². The normalized spacial score (nSPS) is 13.3.